The molecule has 1 aromatic heterocycles. The average molecular weight is 233 g/mol. The first-order chi connectivity index (χ1) is 8.31. The van der Waals surface area contributed by atoms with Gasteiger partial charge in [0.15, 0.2) is 0 Å². The Kier molecular flexibility index (Phi) is 3.66. The van der Waals surface area contributed by atoms with Crippen molar-refractivity contribution in [3.05, 3.63) is 24.3 Å². The molecule has 2 aromatic rings. The minimum Gasteiger partial charge on any atom is -0.294 e. The van der Waals surface area contributed by atoms with Gasteiger partial charge in [-0.1, -0.05) is 17.3 Å². The van der Waals surface area contributed by atoms with Crippen LogP contribution in [0.2, 0.25) is 0 Å². The van der Waals surface area contributed by atoms with Gasteiger partial charge in [-0.05, 0) is 25.0 Å². The number of fused-ring (bicyclic) bond motifs is 1. The number of amides is 1. The van der Waals surface area contributed by atoms with Crippen LogP contribution in [0.3, 0.4) is 0 Å². The maximum Gasteiger partial charge on any atom is 0.233 e. The highest BCUT2D eigenvalue weighted by molar-refractivity contribution is 5.75. The van der Waals surface area contributed by atoms with Gasteiger partial charge in [0.1, 0.15) is 5.52 Å². The zero-order chi connectivity index (χ0) is 12.1. The van der Waals surface area contributed by atoms with Crippen molar-refractivity contribution >= 4 is 16.9 Å². The van der Waals surface area contributed by atoms with E-state index in [1.54, 1.807) is 0 Å². The van der Waals surface area contributed by atoms with Crippen LogP contribution in [0.4, 0.5) is 0 Å². The Morgan fingerprint density at radius 2 is 2.18 bits per heavy atom. The van der Waals surface area contributed by atoms with Gasteiger partial charge >= 0.3 is 0 Å². The molecule has 3 N–H and O–H groups in total. The number of carbonyl (C=O) groups is 1. The summed E-state index contributed by atoms with van der Waals surface area (Å²) in [5, 5.41) is 8.14. The summed E-state index contributed by atoms with van der Waals surface area (Å²) < 4.78 is 1.86. The van der Waals surface area contributed by atoms with Crippen LogP contribution in [0.5, 0.6) is 0 Å². The number of hydrogen-bond acceptors (Lipinski definition) is 4. The highest BCUT2D eigenvalue weighted by atomic mass is 16.2. The number of aryl methyl sites for hydroxylation is 1. The molecule has 6 nitrogen and oxygen atoms in total. The van der Waals surface area contributed by atoms with E-state index in [9.17, 15) is 4.79 Å². The molecule has 90 valence electrons. The number of unbranched alkanes of at least 4 members (excludes halogenated alkanes) is 1. The van der Waals surface area contributed by atoms with Crippen molar-refractivity contribution in [2.75, 3.05) is 0 Å². The van der Waals surface area contributed by atoms with E-state index in [2.05, 4.69) is 15.7 Å². The molecule has 2 rings (SSSR count). The molecule has 1 heterocycles. The molecule has 0 aliphatic rings. The van der Waals surface area contributed by atoms with E-state index in [4.69, 9.17) is 5.84 Å². The molecule has 0 atom stereocenters. The van der Waals surface area contributed by atoms with Gasteiger partial charge in [-0.2, -0.15) is 0 Å². The van der Waals surface area contributed by atoms with Crippen LogP contribution in [0.1, 0.15) is 19.3 Å². The molecule has 0 fully saturated rings. The van der Waals surface area contributed by atoms with Gasteiger partial charge in [0.2, 0.25) is 5.91 Å². The van der Waals surface area contributed by atoms with E-state index in [1.807, 2.05) is 28.9 Å². The van der Waals surface area contributed by atoms with Crippen molar-refractivity contribution in [2.24, 2.45) is 5.84 Å². The van der Waals surface area contributed by atoms with E-state index in [0.29, 0.717) is 6.42 Å². The van der Waals surface area contributed by atoms with Gasteiger partial charge in [0.25, 0.3) is 0 Å². The normalized spacial score (nSPS) is 10.6. The maximum atomic E-state index is 10.9. The van der Waals surface area contributed by atoms with Crippen LogP contribution in [0.25, 0.3) is 11.0 Å². The number of hydrogen-bond donors (Lipinski definition) is 2. The number of nitrogens with one attached hydrogen (secondary N) is 1. The zero-order valence-corrected chi connectivity index (χ0v) is 9.47. The van der Waals surface area contributed by atoms with Gasteiger partial charge in [-0.15, -0.1) is 5.10 Å². The van der Waals surface area contributed by atoms with E-state index >= 15 is 0 Å². The Balaban J connectivity index is 1.89. The molecule has 0 saturated carbocycles. The first kappa shape index (κ1) is 11.5. The molecule has 6 heteroatoms. The lowest BCUT2D eigenvalue weighted by molar-refractivity contribution is -0.121. The summed E-state index contributed by atoms with van der Waals surface area (Å²) in [6, 6.07) is 7.82. The molecule has 0 radical (unpaired) electrons. The van der Waals surface area contributed by atoms with E-state index in [1.165, 1.54) is 0 Å². The number of aromatic nitrogens is 3. The second-order valence-corrected chi connectivity index (χ2v) is 3.83. The van der Waals surface area contributed by atoms with Gasteiger partial charge < -0.3 is 0 Å². The summed E-state index contributed by atoms with van der Waals surface area (Å²) in [4.78, 5) is 10.9. The van der Waals surface area contributed by atoms with Crippen LogP contribution >= 0.6 is 0 Å². The van der Waals surface area contributed by atoms with Gasteiger partial charge in [0.05, 0.1) is 5.52 Å². The van der Waals surface area contributed by atoms with E-state index < -0.39 is 0 Å². The molecule has 0 saturated heterocycles. The van der Waals surface area contributed by atoms with Crippen molar-refractivity contribution in [2.45, 2.75) is 25.8 Å². The third-order valence-electron chi connectivity index (χ3n) is 2.60. The van der Waals surface area contributed by atoms with Gasteiger partial charge in [-0.25, -0.2) is 10.5 Å². The summed E-state index contributed by atoms with van der Waals surface area (Å²) in [5.41, 5.74) is 4.03. The lowest BCUT2D eigenvalue weighted by Crippen LogP contribution is -2.29. The molecular formula is C11H15N5O. The summed E-state index contributed by atoms with van der Waals surface area (Å²) in [5.74, 6) is 4.87. The van der Waals surface area contributed by atoms with Crippen molar-refractivity contribution in [1.82, 2.24) is 20.4 Å². The van der Waals surface area contributed by atoms with Crippen molar-refractivity contribution in [1.29, 1.82) is 0 Å². The zero-order valence-electron chi connectivity index (χ0n) is 9.47. The Bertz CT molecular complexity index is 507. The van der Waals surface area contributed by atoms with Gasteiger partial charge in [-0.3, -0.25) is 10.2 Å². The Labute approximate surface area is 98.8 Å². The third-order valence-corrected chi connectivity index (χ3v) is 2.60. The number of nitrogens with zero attached hydrogens (tertiary/aromatic N) is 3. The SMILES string of the molecule is NNC(=O)CCCCn1nnc2ccccc21. The first-order valence-electron chi connectivity index (χ1n) is 5.59. The topological polar surface area (TPSA) is 85.8 Å². The Morgan fingerprint density at radius 3 is 3.00 bits per heavy atom. The lowest BCUT2D eigenvalue weighted by Gasteiger charge is -2.02. The van der Waals surface area contributed by atoms with Gasteiger partial charge in [0, 0.05) is 13.0 Å². The lowest BCUT2D eigenvalue weighted by atomic mass is 10.2. The molecule has 0 aliphatic heterocycles. The monoisotopic (exact) mass is 233 g/mol. The number of rotatable bonds is 5. The number of nitrogens with two attached hydrogens (primary N) is 1. The predicted octanol–water partition coefficient (Wildman–Crippen LogP) is 0.591. The first-order valence-corrected chi connectivity index (χ1v) is 5.59. The Morgan fingerprint density at radius 1 is 1.35 bits per heavy atom. The molecule has 0 bridgehead atoms. The quantitative estimate of drug-likeness (QED) is 0.342. The predicted molar refractivity (Wildman–Crippen MR) is 63.7 cm³/mol. The highest BCUT2D eigenvalue weighted by Gasteiger charge is 2.03. The van der Waals surface area contributed by atoms with Crippen LogP contribution in [0, 0.1) is 0 Å². The van der Waals surface area contributed by atoms with Crippen LogP contribution in [-0.4, -0.2) is 20.9 Å². The summed E-state index contributed by atoms with van der Waals surface area (Å²) >= 11 is 0. The summed E-state index contributed by atoms with van der Waals surface area (Å²) in [6.07, 6.45) is 2.11. The standard InChI is InChI=1S/C11H15N5O/c12-13-11(17)7-3-4-8-16-10-6-2-1-5-9(10)14-15-16/h1-2,5-6H,3-4,7-8,12H2,(H,13,17). The number of para-hydroxylation sites is 1. The largest absolute Gasteiger partial charge is 0.294 e. The molecule has 1 amide bonds. The van der Waals surface area contributed by atoms with E-state index in [0.717, 1.165) is 30.4 Å². The number of carbonyl (C=O) groups excluding carboxylic acids is 1. The molecule has 0 unspecified atom stereocenters. The highest BCUT2D eigenvalue weighted by Crippen LogP contribution is 2.10. The fourth-order valence-corrected chi connectivity index (χ4v) is 1.70. The fraction of sp³-hybridized carbons (Fsp3) is 0.364. The molecule has 1 aromatic carbocycles. The average Bonchev–Trinajstić information content (AvgIpc) is 2.78. The van der Waals surface area contributed by atoms with E-state index in [-0.39, 0.29) is 5.91 Å². The molecular weight excluding hydrogens is 218 g/mol. The molecule has 17 heavy (non-hydrogen) atoms. The summed E-state index contributed by atoms with van der Waals surface area (Å²) in [7, 11) is 0. The van der Waals surface area contributed by atoms with Crippen LogP contribution in [0.15, 0.2) is 24.3 Å². The number of hydrazine groups is 1. The van der Waals surface area contributed by atoms with Crippen LogP contribution < -0.4 is 11.3 Å². The molecule has 0 spiro atoms. The maximum absolute atomic E-state index is 10.9. The fourth-order valence-electron chi connectivity index (χ4n) is 1.70. The second-order valence-electron chi connectivity index (χ2n) is 3.83. The smallest absolute Gasteiger partial charge is 0.233 e. The molecule has 0 aliphatic carbocycles. The van der Waals surface area contributed by atoms with Crippen molar-refractivity contribution < 1.29 is 4.79 Å². The third kappa shape index (κ3) is 2.79. The Hall–Kier alpha value is -1.95. The minimum absolute atomic E-state index is 0.131. The minimum atomic E-state index is -0.131. The van der Waals surface area contributed by atoms with Crippen LogP contribution in [-0.2, 0) is 11.3 Å². The second kappa shape index (κ2) is 5.40. The summed E-state index contributed by atoms with van der Waals surface area (Å²) in [6.45, 7) is 0.762. The number of benzene rings is 1. The van der Waals surface area contributed by atoms with Crippen molar-refractivity contribution in [3.8, 4) is 0 Å². The van der Waals surface area contributed by atoms with Crippen molar-refractivity contribution in [3.63, 3.8) is 0 Å².